The van der Waals surface area contributed by atoms with Crippen molar-refractivity contribution >= 4 is 17.9 Å². The van der Waals surface area contributed by atoms with Crippen molar-refractivity contribution < 1.29 is 42.9 Å². The molecule has 0 spiro atoms. The number of carboxylic acids is 1. The van der Waals surface area contributed by atoms with Crippen LogP contribution in [0, 0.1) is 0 Å². The van der Waals surface area contributed by atoms with Crippen molar-refractivity contribution in [1.82, 2.24) is 0 Å². The normalized spacial score (nSPS) is 13.4. The number of nitrogens with zero attached hydrogens (tertiary/aromatic N) is 1. The van der Waals surface area contributed by atoms with Gasteiger partial charge in [-0.05, 0) is 83.5 Å². The quantitative estimate of drug-likeness (QED) is 0.0195. The summed E-state index contributed by atoms with van der Waals surface area (Å²) in [6.45, 7) is 4.55. The van der Waals surface area contributed by atoms with Crippen LogP contribution in [0.15, 0.2) is 97.2 Å². The Kier molecular flexibility index (Phi) is 57.4. The van der Waals surface area contributed by atoms with Crippen LogP contribution in [0.1, 0.15) is 271 Å². The van der Waals surface area contributed by atoms with Crippen LogP contribution < -0.4 is 5.11 Å². The molecule has 0 rings (SSSR count). The molecule has 0 aromatic heterocycles. The number of carboxylic acid groups (broad SMARTS) is 1. The summed E-state index contributed by atoms with van der Waals surface area (Å²) in [5.74, 6) is -2.39. The third-order valence-electron chi connectivity index (χ3n) is 13.8. The molecule has 0 saturated heterocycles. The number of likely N-dealkylation sites (N-methyl/N-ethyl adjacent to an activating group) is 1. The second kappa shape index (κ2) is 60.3. The van der Waals surface area contributed by atoms with Gasteiger partial charge in [0.15, 0.2) is 12.4 Å². The standard InChI is InChI=1S/C70H121NO8/c1-6-8-10-12-14-16-18-20-22-24-26-27-28-29-30-31-32-33-34-35-36-37-38-39-40-41-43-44-46-48-50-52-54-56-58-60-67(72)77-64-66(65-78-70(69(74)75)76-63-62-71(3,4)5)79-68(73)61-59-57-55-53-51-49-47-45-42-25-23-21-19-17-15-13-11-9-7-2/h9,11,15,17-18,20-21,23-24,26,42,45,49,51,55,57,66,70H,6-8,10,12-14,16,19,22,25,27-41,43-44,46-48,50,52-54,56,58-65H2,1-5H3/b11-9-,17-15-,20-18-,23-21-,26-24-,45-42-,51-49-,57-55-. The topological polar surface area (TPSA) is 111 Å². The van der Waals surface area contributed by atoms with E-state index in [1.165, 1.54) is 173 Å². The number of esters is 2. The molecule has 0 aromatic carbocycles. The van der Waals surface area contributed by atoms with Gasteiger partial charge in [0.2, 0.25) is 0 Å². The van der Waals surface area contributed by atoms with Gasteiger partial charge in [-0.1, -0.05) is 272 Å². The molecular weight excluding hydrogens is 983 g/mol. The first-order valence-electron chi connectivity index (χ1n) is 32.4. The molecule has 0 N–H and O–H groups in total. The fourth-order valence-electron chi connectivity index (χ4n) is 8.89. The highest BCUT2D eigenvalue weighted by Gasteiger charge is 2.21. The van der Waals surface area contributed by atoms with Gasteiger partial charge in [-0.2, -0.15) is 0 Å². The van der Waals surface area contributed by atoms with E-state index < -0.39 is 24.3 Å². The molecule has 0 bridgehead atoms. The molecule has 2 unspecified atom stereocenters. The Balaban J connectivity index is 4.11. The summed E-state index contributed by atoms with van der Waals surface area (Å²) in [7, 11) is 5.90. The smallest absolute Gasteiger partial charge is 0.306 e. The second-order valence-electron chi connectivity index (χ2n) is 22.7. The lowest BCUT2D eigenvalue weighted by molar-refractivity contribution is -0.870. The number of quaternary nitrogens is 1. The lowest BCUT2D eigenvalue weighted by Crippen LogP contribution is -2.44. The average molecular weight is 1100 g/mol. The zero-order chi connectivity index (χ0) is 57.6. The molecule has 0 fully saturated rings. The summed E-state index contributed by atoms with van der Waals surface area (Å²) in [5.41, 5.74) is 0. The van der Waals surface area contributed by atoms with E-state index in [0.717, 1.165) is 64.2 Å². The third-order valence-corrected chi connectivity index (χ3v) is 13.8. The van der Waals surface area contributed by atoms with Gasteiger partial charge in [-0.25, -0.2) is 0 Å². The molecule has 79 heavy (non-hydrogen) atoms. The molecule has 454 valence electrons. The van der Waals surface area contributed by atoms with E-state index in [4.69, 9.17) is 18.9 Å². The van der Waals surface area contributed by atoms with Crippen molar-refractivity contribution in [3.05, 3.63) is 97.2 Å². The van der Waals surface area contributed by atoms with Gasteiger partial charge in [-0.3, -0.25) is 9.59 Å². The average Bonchev–Trinajstić information content (AvgIpc) is 3.42. The lowest BCUT2D eigenvalue weighted by Gasteiger charge is -2.26. The number of rotatable bonds is 59. The summed E-state index contributed by atoms with van der Waals surface area (Å²) < 4.78 is 22.6. The minimum absolute atomic E-state index is 0.120. The number of ether oxygens (including phenoxy) is 4. The predicted octanol–water partition coefficient (Wildman–Crippen LogP) is 18.4. The van der Waals surface area contributed by atoms with Gasteiger partial charge in [0.1, 0.15) is 13.2 Å². The van der Waals surface area contributed by atoms with Crippen LogP contribution in [0.25, 0.3) is 0 Å². The highest BCUT2D eigenvalue weighted by atomic mass is 16.7. The molecule has 2 atom stereocenters. The van der Waals surface area contributed by atoms with Crippen LogP contribution in [-0.2, 0) is 33.3 Å². The van der Waals surface area contributed by atoms with Crippen molar-refractivity contribution in [3.63, 3.8) is 0 Å². The van der Waals surface area contributed by atoms with Gasteiger partial charge in [0.25, 0.3) is 0 Å². The number of allylic oxidation sites excluding steroid dienone is 16. The maximum atomic E-state index is 12.8. The molecule has 0 aliphatic rings. The number of hydrogen-bond acceptors (Lipinski definition) is 8. The Hall–Kier alpha value is -3.79. The van der Waals surface area contributed by atoms with E-state index in [0.29, 0.717) is 17.4 Å². The minimum Gasteiger partial charge on any atom is -0.545 e. The molecular formula is C70H121NO8. The molecule has 0 heterocycles. The fraction of sp³-hybridized carbons (Fsp3) is 0.729. The van der Waals surface area contributed by atoms with E-state index in [9.17, 15) is 19.5 Å². The van der Waals surface area contributed by atoms with Crippen LogP contribution >= 0.6 is 0 Å². The summed E-state index contributed by atoms with van der Waals surface area (Å²) in [6, 6.07) is 0. The van der Waals surface area contributed by atoms with Crippen molar-refractivity contribution in [3.8, 4) is 0 Å². The molecule has 0 radical (unpaired) electrons. The Labute approximate surface area is 486 Å². The number of aliphatic carboxylic acids is 1. The van der Waals surface area contributed by atoms with Gasteiger partial charge in [0, 0.05) is 12.8 Å². The maximum Gasteiger partial charge on any atom is 0.306 e. The van der Waals surface area contributed by atoms with Crippen LogP contribution in [0.2, 0.25) is 0 Å². The van der Waals surface area contributed by atoms with Crippen LogP contribution in [-0.4, -0.2) is 82.3 Å². The number of unbranched alkanes of at least 4 members (excludes halogenated alkanes) is 28. The van der Waals surface area contributed by atoms with Crippen LogP contribution in [0.4, 0.5) is 0 Å². The van der Waals surface area contributed by atoms with Crippen molar-refractivity contribution in [2.75, 3.05) is 47.5 Å². The van der Waals surface area contributed by atoms with Gasteiger partial charge in [0.05, 0.1) is 40.3 Å². The first kappa shape index (κ1) is 75.2. The van der Waals surface area contributed by atoms with Gasteiger partial charge < -0.3 is 33.3 Å². The summed E-state index contributed by atoms with van der Waals surface area (Å²) >= 11 is 0. The van der Waals surface area contributed by atoms with Crippen LogP contribution in [0.3, 0.4) is 0 Å². The molecule has 0 aliphatic carbocycles. The van der Waals surface area contributed by atoms with Crippen LogP contribution in [0.5, 0.6) is 0 Å². The van der Waals surface area contributed by atoms with E-state index >= 15 is 0 Å². The first-order valence-corrected chi connectivity index (χ1v) is 32.4. The SMILES string of the molecule is CC/C=C\C/C=C\C/C=C\C/C=C\C/C=C\C/C=C\CCC(=O)OC(COC(=O)CCCCCCCCCCCCCCCCCCCCCCCCC/C=C\C/C=C\CCCCCCC)COC(OCC[N+](C)(C)C)C(=O)[O-]. The molecule has 9 heteroatoms. The van der Waals surface area contributed by atoms with Gasteiger partial charge >= 0.3 is 11.9 Å². The van der Waals surface area contributed by atoms with Crippen molar-refractivity contribution in [2.24, 2.45) is 0 Å². The predicted molar refractivity (Wildman–Crippen MR) is 334 cm³/mol. The lowest BCUT2D eigenvalue weighted by atomic mass is 10.0. The number of carbonyl (C=O) groups excluding carboxylic acids is 3. The van der Waals surface area contributed by atoms with E-state index in [1.54, 1.807) is 0 Å². The Morgan fingerprint density at radius 2 is 0.747 bits per heavy atom. The minimum atomic E-state index is -1.65. The zero-order valence-electron chi connectivity index (χ0n) is 51.7. The number of carbonyl (C=O) groups is 3. The first-order chi connectivity index (χ1) is 38.6. The van der Waals surface area contributed by atoms with E-state index in [-0.39, 0.29) is 38.6 Å². The second-order valence-corrected chi connectivity index (χ2v) is 22.7. The number of hydrogen-bond donors (Lipinski definition) is 0. The largest absolute Gasteiger partial charge is 0.545 e. The van der Waals surface area contributed by atoms with E-state index in [2.05, 4.69) is 98.9 Å². The third kappa shape index (κ3) is 61.7. The summed E-state index contributed by atoms with van der Waals surface area (Å²) in [4.78, 5) is 37.3. The molecule has 0 amide bonds. The fourth-order valence-corrected chi connectivity index (χ4v) is 8.89. The Morgan fingerprint density at radius 3 is 1.13 bits per heavy atom. The highest BCUT2D eigenvalue weighted by molar-refractivity contribution is 5.70. The van der Waals surface area contributed by atoms with Gasteiger partial charge in [-0.15, -0.1) is 0 Å². The van der Waals surface area contributed by atoms with Crippen molar-refractivity contribution in [2.45, 2.75) is 283 Å². The van der Waals surface area contributed by atoms with E-state index in [1.807, 2.05) is 33.3 Å². The highest BCUT2D eigenvalue weighted by Crippen LogP contribution is 2.17. The summed E-state index contributed by atoms with van der Waals surface area (Å²) in [5, 5.41) is 11.8. The Morgan fingerprint density at radius 1 is 0.392 bits per heavy atom. The van der Waals surface area contributed by atoms with Crippen molar-refractivity contribution in [1.29, 1.82) is 0 Å². The summed E-state index contributed by atoms with van der Waals surface area (Å²) in [6.07, 6.45) is 79.4. The Bertz CT molecular complexity index is 1620. The molecule has 0 saturated carbocycles. The zero-order valence-corrected chi connectivity index (χ0v) is 51.7. The molecule has 0 aromatic rings. The maximum absolute atomic E-state index is 12.8. The molecule has 0 aliphatic heterocycles. The molecule has 9 nitrogen and oxygen atoms in total. The monoisotopic (exact) mass is 1100 g/mol.